The topological polar surface area (TPSA) is 126 Å². The molecule has 2 bridgehead atoms. The molecule has 1 aromatic heterocycles. The van der Waals surface area contributed by atoms with Gasteiger partial charge in [0.1, 0.15) is 16.9 Å². The average molecular weight is 605 g/mol. The Morgan fingerprint density at radius 1 is 1.17 bits per heavy atom. The average Bonchev–Trinajstić information content (AvgIpc) is 3.35. The van der Waals surface area contributed by atoms with Crippen molar-refractivity contribution in [2.24, 2.45) is 0 Å². The van der Waals surface area contributed by atoms with Crippen molar-refractivity contribution in [1.29, 1.82) is 0 Å². The number of fused-ring (bicyclic) bond motifs is 2. The van der Waals surface area contributed by atoms with Crippen molar-refractivity contribution in [2.75, 3.05) is 25.5 Å². The van der Waals surface area contributed by atoms with Crippen LogP contribution in [0, 0.1) is 5.82 Å². The van der Waals surface area contributed by atoms with Crippen LogP contribution in [0.1, 0.15) is 54.1 Å². The Bertz CT molecular complexity index is 1400. The van der Waals surface area contributed by atoms with E-state index in [0.29, 0.717) is 25.1 Å². The van der Waals surface area contributed by atoms with Gasteiger partial charge in [0.25, 0.3) is 5.91 Å². The maximum atomic E-state index is 14.6. The molecule has 0 aliphatic carbocycles. The van der Waals surface area contributed by atoms with Crippen LogP contribution in [0.4, 0.5) is 14.9 Å². The molecule has 4 rings (SSSR count). The molecular formula is C28H31Cl2FN6O4. The molecule has 4 N–H and O–H groups in total. The van der Waals surface area contributed by atoms with Crippen LogP contribution in [0.5, 0.6) is 0 Å². The number of halogens is 3. The number of carbonyl (C=O) groups is 3. The summed E-state index contributed by atoms with van der Waals surface area (Å²) in [5.41, 5.74) is 1.64. The Kier molecular flexibility index (Phi) is 10.4. The van der Waals surface area contributed by atoms with Crippen molar-refractivity contribution >= 4 is 46.8 Å². The quantitative estimate of drug-likeness (QED) is 0.313. The number of nitrogens with zero attached hydrogens (tertiary/aromatic N) is 2. The van der Waals surface area contributed by atoms with Crippen LogP contribution in [0.2, 0.25) is 10.2 Å². The van der Waals surface area contributed by atoms with Gasteiger partial charge in [-0.1, -0.05) is 54.2 Å². The number of rotatable bonds is 6. The van der Waals surface area contributed by atoms with E-state index in [9.17, 15) is 18.8 Å². The van der Waals surface area contributed by atoms with Gasteiger partial charge in [0, 0.05) is 18.8 Å². The molecule has 41 heavy (non-hydrogen) atoms. The highest BCUT2D eigenvalue weighted by Gasteiger charge is 2.24. The molecule has 10 nitrogen and oxygen atoms in total. The maximum absolute atomic E-state index is 14.6. The Balaban J connectivity index is 1.54. The number of methoxy groups -OCH3 is 1. The fourth-order valence-corrected chi connectivity index (χ4v) is 5.00. The summed E-state index contributed by atoms with van der Waals surface area (Å²) in [5.74, 6) is -1.33. The van der Waals surface area contributed by atoms with Crippen molar-refractivity contribution in [2.45, 2.75) is 44.2 Å². The van der Waals surface area contributed by atoms with Gasteiger partial charge in [-0.25, -0.2) is 13.9 Å². The van der Waals surface area contributed by atoms with E-state index >= 15 is 0 Å². The molecular weight excluding hydrogens is 574 g/mol. The van der Waals surface area contributed by atoms with Gasteiger partial charge in [0.15, 0.2) is 5.82 Å². The van der Waals surface area contributed by atoms with Crippen LogP contribution in [-0.2, 0) is 9.53 Å². The number of alkyl carbamates (subject to hydrolysis) is 1. The third-order valence-corrected chi connectivity index (χ3v) is 7.38. The van der Waals surface area contributed by atoms with E-state index in [1.165, 1.54) is 25.4 Å². The van der Waals surface area contributed by atoms with Crippen molar-refractivity contribution < 1.29 is 23.5 Å². The van der Waals surface area contributed by atoms with Gasteiger partial charge in [0.2, 0.25) is 5.91 Å². The van der Waals surface area contributed by atoms with Gasteiger partial charge >= 0.3 is 6.09 Å². The lowest BCUT2D eigenvalue weighted by atomic mass is 9.99. The number of anilines is 1. The van der Waals surface area contributed by atoms with E-state index in [-0.39, 0.29) is 39.9 Å². The lowest BCUT2D eigenvalue weighted by Gasteiger charge is -2.22. The Hall–Kier alpha value is -3.83. The SMILES string of the molecule is COC(=O)NCC[C@@H]1Nc2cccc(c2)[C@@H](NC(=O)c2cnn(-c3cccc(Cl)c3F)c2Cl)CCCCCNC1=O. The normalized spacial score (nSPS) is 17.6. The van der Waals surface area contributed by atoms with Gasteiger partial charge < -0.3 is 26.0 Å². The number of ether oxygens (including phenoxy) is 1. The number of nitrogens with one attached hydrogen (secondary N) is 4. The molecule has 2 heterocycles. The maximum Gasteiger partial charge on any atom is 0.406 e. The molecule has 3 aromatic rings. The standard InChI is InChI=1S/C28H31Cl2FN6O4/c1-41-28(40)33-14-12-22-27(39)32-13-4-2-3-10-21(17-7-5-8-18(15-17)35-22)36-26(38)19-16-34-37(25(19)30)23-11-6-9-20(29)24(23)31/h5-9,11,15-16,21-22,35H,2-4,10,12-14H2,1H3,(H,32,39)(H,33,40)(H,36,38)/t21-,22-/m0/s1. The van der Waals surface area contributed by atoms with Crippen LogP contribution in [0.3, 0.4) is 0 Å². The predicted molar refractivity (Wildman–Crippen MR) is 154 cm³/mol. The van der Waals surface area contributed by atoms with Gasteiger partial charge in [-0.05, 0) is 49.1 Å². The first-order valence-corrected chi connectivity index (χ1v) is 14.0. The second kappa shape index (κ2) is 14.2. The third-order valence-electron chi connectivity index (χ3n) is 6.72. The van der Waals surface area contributed by atoms with Crippen molar-refractivity contribution in [3.63, 3.8) is 0 Å². The van der Waals surface area contributed by atoms with E-state index in [2.05, 4.69) is 31.1 Å². The fraction of sp³-hybridized carbons (Fsp3) is 0.357. The summed E-state index contributed by atoms with van der Waals surface area (Å²) in [5, 5.41) is 15.8. The van der Waals surface area contributed by atoms with Crippen molar-refractivity contribution in [1.82, 2.24) is 25.7 Å². The minimum absolute atomic E-state index is 0.0295. The highest BCUT2D eigenvalue weighted by Crippen LogP contribution is 2.28. The van der Waals surface area contributed by atoms with Crippen LogP contribution < -0.4 is 21.3 Å². The summed E-state index contributed by atoms with van der Waals surface area (Å²) in [7, 11) is 1.28. The molecule has 0 spiro atoms. The van der Waals surface area contributed by atoms with Crippen LogP contribution in [0.15, 0.2) is 48.7 Å². The van der Waals surface area contributed by atoms with Crippen LogP contribution in [-0.4, -0.2) is 53.9 Å². The predicted octanol–water partition coefficient (Wildman–Crippen LogP) is 5.01. The van der Waals surface area contributed by atoms with Crippen molar-refractivity contribution in [3.05, 3.63) is 75.8 Å². The summed E-state index contributed by atoms with van der Waals surface area (Å²) in [6.07, 6.45) is 4.10. The second-order valence-corrected chi connectivity index (χ2v) is 10.3. The molecule has 13 heteroatoms. The number of aromatic nitrogens is 2. The zero-order valence-electron chi connectivity index (χ0n) is 22.4. The number of carbonyl (C=O) groups excluding carboxylic acids is 3. The lowest BCUT2D eigenvalue weighted by Crippen LogP contribution is -2.42. The fourth-order valence-electron chi connectivity index (χ4n) is 4.56. The van der Waals surface area contributed by atoms with E-state index < -0.39 is 23.9 Å². The zero-order chi connectivity index (χ0) is 29.4. The highest BCUT2D eigenvalue weighted by molar-refractivity contribution is 6.33. The summed E-state index contributed by atoms with van der Waals surface area (Å²) < 4.78 is 20.3. The number of benzene rings is 2. The van der Waals surface area contributed by atoms with Gasteiger partial charge in [-0.2, -0.15) is 5.10 Å². The molecule has 218 valence electrons. The summed E-state index contributed by atoms with van der Waals surface area (Å²) in [6, 6.07) is 10.9. The van der Waals surface area contributed by atoms with Gasteiger partial charge in [0.05, 0.1) is 29.9 Å². The molecule has 2 aromatic carbocycles. The first-order valence-electron chi connectivity index (χ1n) is 13.2. The Labute approximate surface area is 246 Å². The molecule has 0 saturated carbocycles. The zero-order valence-corrected chi connectivity index (χ0v) is 23.9. The molecule has 1 aliphatic heterocycles. The van der Waals surface area contributed by atoms with E-state index in [1.54, 1.807) is 6.07 Å². The Morgan fingerprint density at radius 2 is 1.98 bits per heavy atom. The second-order valence-electron chi connectivity index (χ2n) is 9.53. The van der Waals surface area contributed by atoms with Crippen molar-refractivity contribution in [3.8, 4) is 5.69 Å². The Morgan fingerprint density at radius 3 is 2.78 bits per heavy atom. The minimum Gasteiger partial charge on any atom is -0.453 e. The molecule has 0 saturated heterocycles. The largest absolute Gasteiger partial charge is 0.453 e. The third kappa shape index (κ3) is 7.68. The van der Waals surface area contributed by atoms with Gasteiger partial charge in [-0.3, -0.25) is 9.59 Å². The smallest absolute Gasteiger partial charge is 0.406 e. The van der Waals surface area contributed by atoms with E-state index in [1.807, 2.05) is 24.3 Å². The van der Waals surface area contributed by atoms with E-state index in [4.69, 9.17) is 23.2 Å². The molecule has 0 radical (unpaired) electrons. The number of amides is 3. The monoisotopic (exact) mass is 604 g/mol. The van der Waals surface area contributed by atoms with Crippen LogP contribution in [0.25, 0.3) is 5.69 Å². The molecule has 2 atom stereocenters. The molecule has 1 aliphatic rings. The molecule has 0 fully saturated rings. The minimum atomic E-state index is -0.696. The molecule has 3 amide bonds. The lowest BCUT2D eigenvalue weighted by molar-refractivity contribution is -0.121. The van der Waals surface area contributed by atoms with E-state index in [0.717, 1.165) is 29.5 Å². The summed E-state index contributed by atoms with van der Waals surface area (Å²) in [6.45, 7) is 0.745. The number of hydrogen-bond acceptors (Lipinski definition) is 6. The van der Waals surface area contributed by atoms with Gasteiger partial charge in [-0.15, -0.1) is 0 Å². The van der Waals surface area contributed by atoms with Crippen LogP contribution >= 0.6 is 23.2 Å². The first kappa shape index (κ1) is 30.1. The molecule has 0 unspecified atom stereocenters. The first-order chi connectivity index (χ1) is 19.8. The number of hydrogen-bond donors (Lipinski definition) is 4. The highest BCUT2D eigenvalue weighted by atomic mass is 35.5. The summed E-state index contributed by atoms with van der Waals surface area (Å²) in [4.78, 5) is 37.7. The summed E-state index contributed by atoms with van der Waals surface area (Å²) >= 11 is 12.4.